The fourth-order valence-electron chi connectivity index (χ4n) is 2.81. The summed E-state index contributed by atoms with van der Waals surface area (Å²) in [4.78, 5) is 2.59. The first-order valence-electron chi connectivity index (χ1n) is 6.75. The first-order valence-corrected chi connectivity index (χ1v) is 6.75. The fourth-order valence-corrected chi connectivity index (χ4v) is 2.81. The maximum absolute atomic E-state index is 5.73. The minimum atomic E-state index is 0.249. The van der Waals surface area contributed by atoms with Gasteiger partial charge in [0, 0.05) is 25.2 Å². The van der Waals surface area contributed by atoms with Crippen LogP contribution in [-0.4, -0.2) is 49.3 Å². The summed E-state index contributed by atoms with van der Waals surface area (Å²) in [6.07, 6.45) is 5.61. The van der Waals surface area contributed by atoms with E-state index in [-0.39, 0.29) is 5.54 Å². The predicted octanol–water partition coefficient (Wildman–Crippen LogP) is 1.63. The molecule has 0 aromatic heterocycles. The van der Waals surface area contributed by atoms with Crippen LogP contribution in [0.2, 0.25) is 0 Å². The van der Waals surface area contributed by atoms with Gasteiger partial charge in [0.25, 0.3) is 0 Å². The van der Waals surface area contributed by atoms with Gasteiger partial charge in [-0.25, -0.2) is 0 Å². The number of rotatable bonds is 2. The van der Waals surface area contributed by atoms with E-state index in [0.29, 0.717) is 6.10 Å². The molecule has 0 aliphatic carbocycles. The Kier molecular flexibility index (Phi) is 4.22. The quantitative estimate of drug-likeness (QED) is 0.774. The monoisotopic (exact) mass is 226 g/mol. The molecule has 94 valence electrons. The van der Waals surface area contributed by atoms with E-state index in [0.717, 1.165) is 19.7 Å². The number of hydrogen-bond acceptors (Lipinski definition) is 3. The molecule has 1 N–H and O–H groups in total. The standard InChI is InChI=1S/C13H26N2O/c1-13(2)11-15(8-4-3-7-14-13)10-12-6-5-9-16-12/h12,14H,3-11H2,1-2H3. The third-order valence-electron chi connectivity index (χ3n) is 3.61. The van der Waals surface area contributed by atoms with E-state index >= 15 is 0 Å². The van der Waals surface area contributed by atoms with Crippen molar-refractivity contribution in [2.24, 2.45) is 0 Å². The molecule has 3 heteroatoms. The molecule has 0 amide bonds. The summed E-state index contributed by atoms with van der Waals surface area (Å²) in [5, 5.41) is 3.63. The molecule has 2 aliphatic rings. The molecule has 2 aliphatic heterocycles. The van der Waals surface area contributed by atoms with Crippen molar-refractivity contribution in [3.05, 3.63) is 0 Å². The van der Waals surface area contributed by atoms with Crippen molar-refractivity contribution in [2.45, 2.75) is 51.2 Å². The summed E-state index contributed by atoms with van der Waals surface area (Å²) in [7, 11) is 0. The Balaban J connectivity index is 1.84. The fraction of sp³-hybridized carbons (Fsp3) is 1.00. The largest absolute Gasteiger partial charge is 0.377 e. The molecule has 0 saturated carbocycles. The lowest BCUT2D eigenvalue weighted by molar-refractivity contribution is 0.0605. The maximum atomic E-state index is 5.73. The third kappa shape index (κ3) is 3.72. The molecule has 0 aromatic carbocycles. The van der Waals surface area contributed by atoms with Crippen molar-refractivity contribution in [3.8, 4) is 0 Å². The molecule has 1 unspecified atom stereocenters. The summed E-state index contributed by atoms with van der Waals surface area (Å²) in [5.41, 5.74) is 0.249. The van der Waals surface area contributed by atoms with E-state index in [1.807, 2.05) is 0 Å². The molecule has 2 heterocycles. The minimum absolute atomic E-state index is 0.249. The second-order valence-electron chi connectivity index (χ2n) is 5.89. The molecule has 3 nitrogen and oxygen atoms in total. The third-order valence-corrected chi connectivity index (χ3v) is 3.61. The van der Waals surface area contributed by atoms with Gasteiger partial charge < -0.3 is 10.1 Å². The first kappa shape index (κ1) is 12.3. The molecular formula is C13H26N2O. The van der Waals surface area contributed by atoms with Crippen LogP contribution in [0.5, 0.6) is 0 Å². The highest BCUT2D eigenvalue weighted by Crippen LogP contribution is 2.16. The summed E-state index contributed by atoms with van der Waals surface area (Å²) in [6, 6.07) is 0. The molecule has 2 rings (SSSR count). The van der Waals surface area contributed by atoms with Crippen molar-refractivity contribution in [2.75, 3.05) is 32.8 Å². The Bertz CT molecular complexity index is 212. The van der Waals surface area contributed by atoms with Gasteiger partial charge in [0.05, 0.1) is 6.10 Å². The van der Waals surface area contributed by atoms with Gasteiger partial charge in [-0.1, -0.05) is 0 Å². The molecule has 0 aromatic rings. The van der Waals surface area contributed by atoms with Crippen molar-refractivity contribution < 1.29 is 4.74 Å². The molecule has 1 atom stereocenters. The highest BCUT2D eigenvalue weighted by molar-refractivity contribution is 4.85. The van der Waals surface area contributed by atoms with Crippen molar-refractivity contribution in [1.82, 2.24) is 10.2 Å². The van der Waals surface area contributed by atoms with Gasteiger partial charge in [0.1, 0.15) is 0 Å². The second-order valence-corrected chi connectivity index (χ2v) is 5.89. The van der Waals surface area contributed by atoms with Gasteiger partial charge in [-0.3, -0.25) is 4.90 Å². The van der Waals surface area contributed by atoms with Gasteiger partial charge in [0.15, 0.2) is 0 Å². The first-order chi connectivity index (χ1) is 7.66. The Morgan fingerprint density at radius 2 is 2.19 bits per heavy atom. The normalized spacial score (nSPS) is 32.2. The van der Waals surface area contributed by atoms with Crippen LogP contribution in [0.4, 0.5) is 0 Å². The highest BCUT2D eigenvalue weighted by atomic mass is 16.5. The van der Waals surface area contributed by atoms with Crippen LogP contribution in [0.25, 0.3) is 0 Å². The Morgan fingerprint density at radius 3 is 2.94 bits per heavy atom. The van der Waals surface area contributed by atoms with Crippen molar-refractivity contribution in [3.63, 3.8) is 0 Å². The zero-order valence-corrected chi connectivity index (χ0v) is 10.8. The van der Waals surface area contributed by atoms with Crippen LogP contribution in [0.1, 0.15) is 39.5 Å². The van der Waals surface area contributed by atoms with Gasteiger partial charge in [-0.05, 0) is 52.6 Å². The van der Waals surface area contributed by atoms with Gasteiger partial charge in [0.2, 0.25) is 0 Å². The lowest BCUT2D eigenvalue weighted by Gasteiger charge is -2.36. The van der Waals surface area contributed by atoms with E-state index in [4.69, 9.17) is 4.74 Å². The zero-order valence-electron chi connectivity index (χ0n) is 10.8. The SMILES string of the molecule is CC1(C)CN(CC2CCCO2)CCCCN1. The van der Waals surface area contributed by atoms with Crippen LogP contribution >= 0.6 is 0 Å². The van der Waals surface area contributed by atoms with Gasteiger partial charge in [-0.2, -0.15) is 0 Å². The summed E-state index contributed by atoms with van der Waals surface area (Å²) >= 11 is 0. The molecule has 0 spiro atoms. The van der Waals surface area contributed by atoms with Crippen LogP contribution in [-0.2, 0) is 4.74 Å². The van der Waals surface area contributed by atoms with E-state index in [1.165, 1.54) is 38.8 Å². The highest BCUT2D eigenvalue weighted by Gasteiger charge is 2.25. The van der Waals surface area contributed by atoms with E-state index in [2.05, 4.69) is 24.1 Å². The molecule has 16 heavy (non-hydrogen) atoms. The molecule has 2 saturated heterocycles. The Morgan fingerprint density at radius 1 is 1.31 bits per heavy atom. The molecule has 2 fully saturated rings. The summed E-state index contributed by atoms with van der Waals surface area (Å²) < 4.78 is 5.73. The van der Waals surface area contributed by atoms with Crippen LogP contribution in [0.3, 0.4) is 0 Å². The Hall–Kier alpha value is -0.120. The van der Waals surface area contributed by atoms with Crippen LogP contribution < -0.4 is 5.32 Å². The maximum Gasteiger partial charge on any atom is 0.0702 e. The smallest absolute Gasteiger partial charge is 0.0702 e. The molecular weight excluding hydrogens is 200 g/mol. The number of nitrogens with zero attached hydrogens (tertiary/aromatic N) is 1. The number of hydrogen-bond donors (Lipinski definition) is 1. The van der Waals surface area contributed by atoms with Gasteiger partial charge in [-0.15, -0.1) is 0 Å². The lowest BCUT2D eigenvalue weighted by Crippen LogP contribution is -2.52. The molecule has 0 radical (unpaired) electrons. The Labute approximate surface area is 99.5 Å². The van der Waals surface area contributed by atoms with Crippen molar-refractivity contribution in [1.29, 1.82) is 0 Å². The second kappa shape index (κ2) is 5.48. The topological polar surface area (TPSA) is 24.5 Å². The summed E-state index contributed by atoms with van der Waals surface area (Å²) in [6.45, 7) is 10.3. The van der Waals surface area contributed by atoms with Crippen LogP contribution in [0.15, 0.2) is 0 Å². The van der Waals surface area contributed by atoms with Crippen molar-refractivity contribution >= 4 is 0 Å². The molecule has 0 bridgehead atoms. The average molecular weight is 226 g/mol. The van der Waals surface area contributed by atoms with E-state index in [9.17, 15) is 0 Å². The lowest BCUT2D eigenvalue weighted by atomic mass is 10.0. The number of ether oxygens (including phenoxy) is 1. The summed E-state index contributed by atoms with van der Waals surface area (Å²) in [5.74, 6) is 0. The number of nitrogens with one attached hydrogen (secondary N) is 1. The van der Waals surface area contributed by atoms with Crippen LogP contribution in [0, 0.1) is 0 Å². The van der Waals surface area contributed by atoms with E-state index in [1.54, 1.807) is 0 Å². The van der Waals surface area contributed by atoms with E-state index < -0.39 is 0 Å². The predicted molar refractivity (Wildman–Crippen MR) is 66.7 cm³/mol. The zero-order chi connectivity index (χ0) is 11.4. The average Bonchev–Trinajstić information content (AvgIpc) is 2.66. The van der Waals surface area contributed by atoms with Gasteiger partial charge >= 0.3 is 0 Å². The minimum Gasteiger partial charge on any atom is -0.377 e.